The summed E-state index contributed by atoms with van der Waals surface area (Å²) in [4.78, 5) is 18.1. The first kappa shape index (κ1) is 24.2. The van der Waals surface area contributed by atoms with E-state index >= 15 is 0 Å². The molecule has 6 rings (SSSR count). The number of halogens is 2. The summed E-state index contributed by atoms with van der Waals surface area (Å²) in [7, 11) is 0. The van der Waals surface area contributed by atoms with Crippen molar-refractivity contribution in [2.75, 3.05) is 6.79 Å². The van der Waals surface area contributed by atoms with Crippen molar-refractivity contribution < 1.29 is 14.2 Å². The number of aromatic nitrogens is 2. The number of fused-ring (bicyclic) bond motifs is 2. The first-order valence-electron chi connectivity index (χ1n) is 11.7. The number of hydrogen-bond acceptors (Lipinski definition) is 6. The second kappa shape index (κ2) is 10.3. The van der Waals surface area contributed by atoms with Crippen LogP contribution in [0.25, 0.3) is 22.3 Å². The number of hydrogen-bond donors (Lipinski definition) is 0. The summed E-state index contributed by atoms with van der Waals surface area (Å²) in [6.45, 7) is 0.509. The van der Waals surface area contributed by atoms with Crippen LogP contribution in [0.4, 0.5) is 0 Å². The van der Waals surface area contributed by atoms with Crippen LogP contribution in [-0.2, 0) is 6.61 Å². The Morgan fingerprint density at radius 2 is 1.79 bits per heavy atom. The minimum atomic E-state index is -0.264. The fourth-order valence-corrected chi connectivity index (χ4v) is 5.10. The zero-order valence-corrected chi connectivity index (χ0v) is 22.1. The molecular formula is C29H19BrClN3O4. The number of rotatable bonds is 6. The molecule has 0 saturated carbocycles. The molecule has 5 aromatic rings. The predicted molar refractivity (Wildman–Crippen MR) is 150 cm³/mol. The quantitative estimate of drug-likeness (QED) is 0.207. The van der Waals surface area contributed by atoms with Crippen molar-refractivity contribution in [1.29, 1.82) is 0 Å². The maximum absolute atomic E-state index is 13.4. The van der Waals surface area contributed by atoms with Gasteiger partial charge in [0.1, 0.15) is 6.61 Å². The first-order valence-corrected chi connectivity index (χ1v) is 12.9. The Kier molecular flexibility index (Phi) is 6.57. The van der Waals surface area contributed by atoms with Gasteiger partial charge in [-0.05, 0) is 63.5 Å². The van der Waals surface area contributed by atoms with Gasteiger partial charge in [0.25, 0.3) is 5.56 Å². The minimum absolute atomic E-state index is 0.217. The number of para-hydroxylation sites is 1. The van der Waals surface area contributed by atoms with Gasteiger partial charge in [0, 0.05) is 5.56 Å². The molecule has 0 aliphatic carbocycles. The molecule has 0 spiro atoms. The largest absolute Gasteiger partial charge is 0.486 e. The van der Waals surface area contributed by atoms with Gasteiger partial charge < -0.3 is 14.2 Å². The van der Waals surface area contributed by atoms with Crippen molar-refractivity contribution in [3.63, 3.8) is 0 Å². The van der Waals surface area contributed by atoms with E-state index in [1.54, 1.807) is 24.4 Å². The molecule has 0 atom stereocenters. The molecule has 4 aromatic carbocycles. The molecule has 1 aromatic heterocycles. The highest BCUT2D eigenvalue weighted by Crippen LogP contribution is 2.36. The fraction of sp³-hybridized carbons (Fsp3) is 0.0690. The zero-order chi connectivity index (χ0) is 26.1. The van der Waals surface area contributed by atoms with Crippen molar-refractivity contribution >= 4 is 44.6 Å². The first-order chi connectivity index (χ1) is 18.6. The summed E-state index contributed by atoms with van der Waals surface area (Å²) >= 11 is 10.1. The molecule has 38 heavy (non-hydrogen) atoms. The van der Waals surface area contributed by atoms with Crippen molar-refractivity contribution in [2.24, 2.45) is 5.10 Å². The second-order valence-corrected chi connectivity index (χ2v) is 9.73. The lowest BCUT2D eigenvalue weighted by atomic mass is 10.2. The Balaban J connectivity index is 1.30. The summed E-state index contributed by atoms with van der Waals surface area (Å²) in [5.41, 5.74) is 2.71. The molecule has 0 fully saturated rings. The molecule has 188 valence electrons. The molecule has 0 radical (unpaired) electrons. The van der Waals surface area contributed by atoms with E-state index in [0.29, 0.717) is 55.6 Å². The van der Waals surface area contributed by atoms with E-state index < -0.39 is 0 Å². The van der Waals surface area contributed by atoms with Gasteiger partial charge >= 0.3 is 0 Å². The van der Waals surface area contributed by atoms with Crippen LogP contribution in [0.3, 0.4) is 0 Å². The maximum Gasteiger partial charge on any atom is 0.282 e. The lowest BCUT2D eigenvalue weighted by molar-refractivity contribution is 0.174. The second-order valence-electron chi connectivity index (χ2n) is 8.47. The van der Waals surface area contributed by atoms with Gasteiger partial charge in [-0.3, -0.25) is 4.79 Å². The fourth-order valence-electron chi connectivity index (χ4n) is 4.11. The normalized spacial score (nSPS) is 12.4. The lowest BCUT2D eigenvalue weighted by Gasteiger charge is -2.12. The van der Waals surface area contributed by atoms with E-state index in [0.717, 1.165) is 11.1 Å². The van der Waals surface area contributed by atoms with Crippen LogP contribution in [0, 0.1) is 0 Å². The summed E-state index contributed by atoms with van der Waals surface area (Å²) in [6.07, 6.45) is 1.57. The Labute approximate surface area is 231 Å². The van der Waals surface area contributed by atoms with Crippen LogP contribution in [-0.4, -0.2) is 22.7 Å². The van der Waals surface area contributed by atoms with Gasteiger partial charge in [0.15, 0.2) is 23.1 Å². The Morgan fingerprint density at radius 3 is 2.63 bits per heavy atom. The van der Waals surface area contributed by atoms with Gasteiger partial charge in [0.2, 0.25) is 6.79 Å². The molecule has 1 aliphatic rings. The summed E-state index contributed by atoms with van der Waals surface area (Å²) in [5, 5.41) is 5.39. The van der Waals surface area contributed by atoms with E-state index in [2.05, 4.69) is 21.0 Å². The van der Waals surface area contributed by atoms with Crippen molar-refractivity contribution in [1.82, 2.24) is 9.66 Å². The van der Waals surface area contributed by atoms with Gasteiger partial charge in [-0.25, -0.2) is 4.98 Å². The maximum atomic E-state index is 13.4. The minimum Gasteiger partial charge on any atom is -0.486 e. The Hall–Kier alpha value is -4.14. The highest BCUT2D eigenvalue weighted by molar-refractivity contribution is 9.10. The molecule has 0 saturated heterocycles. The van der Waals surface area contributed by atoms with E-state index in [-0.39, 0.29) is 12.4 Å². The average molecular weight is 589 g/mol. The SMILES string of the molecule is O=c1c2ccccc2nc(-c2ccccc2)n1N=Cc1cc(Cl)c(OCc2ccc3c(c2)OCO3)c(Br)c1. The van der Waals surface area contributed by atoms with E-state index in [1.165, 1.54) is 4.68 Å². The van der Waals surface area contributed by atoms with E-state index in [4.69, 9.17) is 30.8 Å². The van der Waals surface area contributed by atoms with Gasteiger partial charge in [-0.2, -0.15) is 9.78 Å². The van der Waals surface area contributed by atoms with Crippen molar-refractivity contribution in [3.05, 3.63) is 116 Å². The highest BCUT2D eigenvalue weighted by Gasteiger charge is 2.15. The molecule has 7 nitrogen and oxygen atoms in total. The third-order valence-corrected chi connectivity index (χ3v) is 6.82. The number of benzene rings is 4. The van der Waals surface area contributed by atoms with Crippen LogP contribution in [0.5, 0.6) is 17.2 Å². The molecule has 0 N–H and O–H groups in total. The number of ether oxygens (including phenoxy) is 3. The van der Waals surface area contributed by atoms with Crippen LogP contribution in [0.15, 0.2) is 99.3 Å². The Morgan fingerprint density at radius 1 is 1.00 bits per heavy atom. The van der Waals surface area contributed by atoms with Crippen LogP contribution in [0.1, 0.15) is 11.1 Å². The average Bonchev–Trinajstić information content (AvgIpc) is 3.40. The molecule has 0 bridgehead atoms. The van der Waals surface area contributed by atoms with E-state index in [9.17, 15) is 4.79 Å². The van der Waals surface area contributed by atoms with Crippen molar-refractivity contribution in [3.8, 4) is 28.6 Å². The standard InChI is InChI=1S/C29H19BrClN3O4/c30-22-12-19(13-23(31)27(22)36-16-18-10-11-25-26(14-18)38-17-37-25)15-32-34-28(20-6-2-1-3-7-20)33-24-9-5-4-8-21(24)29(34)35/h1-15H,16-17H2. The molecule has 0 unspecified atom stereocenters. The van der Waals surface area contributed by atoms with Gasteiger partial charge in [-0.1, -0.05) is 60.1 Å². The molecule has 9 heteroatoms. The lowest BCUT2D eigenvalue weighted by Crippen LogP contribution is -2.20. The third kappa shape index (κ3) is 4.76. The molecule has 1 aliphatic heterocycles. The highest BCUT2D eigenvalue weighted by atomic mass is 79.9. The smallest absolute Gasteiger partial charge is 0.282 e. The third-order valence-electron chi connectivity index (χ3n) is 5.95. The van der Waals surface area contributed by atoms with Crippen LogP contribution >= 0.6 is 27.5 Å². The van der Waals surface area contributed by atoms with Crippen LogP contribution < -0.4 is 19.8 Å². The summed E-state index contributed by atoms with van der Waals surface area (Å²) < 4.78 is 18.7. The molecule has 2 heterocycles. The topological polar surface area (TPSA) is 74.9 Å². The van der Waals surface area contributed by atoms with Gasteiger partial charge in [-0.15, -0.1) is 0 Å². The monoisotopic (exact) mass is 587 g/mol. The molecule has 0 amide bonds. The van der Waals surface area contributed by atoms with Crippen LogP contribution in [0.2, 0.25) is 5.02 Å². The zero-order valence-electron chi connectivity index (χ0n) is 19.8. The molecular weight excluding hydrogens is 570 g/mol. The summed E-state index contributed by atoms with van der Waals surface area (Å²) in [5.74, 6) is 2.35. The Bertz CT molecular complexity index is 1730. The number of nitrogens with zero attached hydrogens (tertiary/aromatic N) is 3. The van der Waals surface area contributed by atoms with Crippen molar-refractivity contribution in [2.45, 2.75) is 6.61 Å². The van der Waals surface area contributed by atoms with E-state index in [1.807, 2.05) is 66.7 Å². The predicted octanol–water partition coefficient (Wildman–Crippen LogP) is 6.67. The van der Waals surface area contributed by atoms with Gasteiger partial charge in [0.05, 0.1) is 26.6 Å². The summed E-state index contributed by atoms with van der Waals surface area (Å²) in [6, 6.07) is 25.9.